The molecule has 104 valence electrons. The van der Waals surface area contributed by atoms with Crippen molar-refractivity contribution in [1.82, 2.24) is 5.32 Å². The predicted octanol–water partition coefficient (Wildman–Crippen LogP) is 2.77. The van der Waals surface area contributed by atoms with Crippen molar-refractivity contribution in [3.05, 3.63) is 59.9 Å². The fourth-order valence-electron chi connectivity index (χ4n) is 1.76. The SMILES string of the molecule is Nc1cccc(NC(=O)NCCc2ccc(F)cc2)c1. The molecule has 4 N–H and O–H groups in total. The maximum atomic E-state index is 12.7. The van der Waals surface area contributed by atoms with Gasteiger partial charge in [-0.05, 0) is 42.3 Å². The highest BCUT2D eigenvalue weighted by molar-refractivity contribution is 5.89. The molecule has 0 unspecified atom stereocenters. The Morgan fingerprint density at radius 2 is 1.90 bits per heavy atom. The highest BCUT2D eigenvalue weighted by Gasteiger charge is 2.01. The standard InChI is InChI=1S/C15H16FN3O/c16-12-6-4-11(5-7-12)8-9-18-15(20)19-14-3-1-2-13(17)10-14/h1-7,10H,8-9,17H2,(H2,18,19,20). The molecular weight excluding hydrogens is 257 g/mol. The molecule has 0 bridgehead atoms. The summed E-state index contributed by atoms with van der Waals surface area (Å²) in [6, 6.07) is 12.9. The topological polar surface area (TPSA) is 67.1 Å². The van der Waals surface area contributed by atoms with E-state index in [1.165, 1.54) is 12.1 Å². The van der Waals surface area contributed by atoms with Crippen LogP contribution in [0.5, 0.6) is 0 Å². The summed E-state index contributed by atoms with van der Waals surface area (Å²) in [7, 11) is 0. The molecule has 0 fully saturated rings. The van der Waals surface area contributed by atoms with Crippen molar-refractivity contribution >= 4 is 17.4 Å². The Labute approximate surface area is 116 Å². The van der Waals surface area contributed by atoms with Gasteiger partial charge < -0.3 is 16.4 Å². The molecule has 2 aromatic rings. The molecule has 0 radical (unpaired) electrons. The summed E-state index contributed by atoms with van der Waals surface area (Å²) in [5.41, 5.74) is 7.82. The van der Waals surface area contributed by atoms with E-state index in [4.69, 9.17) is 5.73 Å². The number of amides is 2. The van der Waals surface area contributed by atoms with Crippen molar-refractivity contribution in [2.45, 2.75) is 6.42 Å². The first kappa shape index (κ1) is 13.9. The third kappa shape index (κ3) is 4.28. The Morgan fingerprint density at radius 1 is 1.15 bits per heavy atom. The lowest BCUT2D eigenvalue weighted by molar-refractivity contribution is 0.252. The Morgan fingerprint density at radius 3 is 2.60 bits per heavy atom. The van der Waals surface area contributed by atoms with Gasteiger partial charge in [0.25, 0.3) is 0 Å². The van der Waals surface area contributed by atoms with Crippen LogP contribution < -0.4 is 16.4 Å². The van der Waals surface area contributed by atoms with Crippen LogP contribution in [0.25, 0.3) is 0 Å². The van der Waals surface area contributed by atoms with Crippen molar-refractivity contribution in [1.29, 1.82) is 0 Å². The van der Waals surface area contributed by atoms with Crippen LogP contribution in [0.2, 0.25) is 0 Å². The van der Waals surface area contributed by atoms with Crippen LogP contribution in [0.15, 0.2) is 48.5 Å². The molecule has 0 saturated carbocycles. The second-order valence-corrected chi connectivity index (χ2v) is 4.38. The summed E-state index contributed by atoms with van der Waals surface area (Å²) in [4.78, 5) is 11.6. The average molecular weight is 273 g/mol. The van der Waals surface area contributed by atoms with Gasteiger partial charge in [-0.2, -0.15) is 0 Å². The molecule has 0 aliphatic rings. The molecular formula is C15H16FN3O. The van der Waals surface area contributed by atoms with Crippen molar-refractivity contribution < 1.29 is 9.18 Å². The molecule has 20 heavy (non-hydrogen) atoms. The highest BCUT2D eigenvalue weighted by Crippen LogP contribution is 2.11. The lowest BCUT2D eigenvalue weighted by Crippen LogP contribution is -2.30. The number of halogens is 1. The lowest BCUT2D eigenvalue weighted by Gasteiger charge is -2.08. The van der Waals surface area contributed by atoms with Crippen LogP contribution in [0.3, 0.4) is 0 Å². The van der Waals surface area contributed by atoms with Gasteiger partial charge in [-0.3, -0.25) is 0 Å². The van der Waals surface area contributed by atoms with Crippen LogP contribution in [-0.4, -0.2) is 12.6 Å². The second kappa shape index (κ2) is 6.56. The number of urea groups is 1. The summed E-state index contributed by atoms with van der Waals surface area (Å²) in [5.74, 6) is -0.263. The monoisotopic (exact) mass is 273 g/mol. The zero-order chi connectivity index (χ0) is 14.4. The number of carbonyl (C=O) groups excluding carboxylic acids is 1. The molecule has 0 saturated heterocycles. The van der Waals surface area contributed by atoms with Gasteiger partial charge in [0, 0.05) is 17.9 Å². The number of nitrogens with two attached hydrogens (primary N) is 1. The van der Waals surface area contributed by atoms with Gasteiger partial charge in [0.2, 0.25) is 0 Å². The molecule has 4 nitrogen and oxygen atoms in total. The zero-order valence-corrected chi connectivity index (χ0v) is 10.9. The van der Waals surface area contributed by atoms with Gasteiger partial charge in [0.1, 0.15) is 5.82 Å². The molecule has 0 aromatic heterocycles. The first-order chi connectivity index (χ1) is 9.63. The Balaban J connectivity index is 1.76. The fraction of sp³-hybridized carbons (Fsp3) is 0.133. The molecule has 2 aromatic carbocycles. The van der Waals surface area contributed by atoms with E-state index in [1.54, 1.807) is 36.4 Å². The lowest BCUT2D eigenvalue weighted by atomic mass is 10.1. The van der Waals surface area contributed by atoms with Gasteiger partial charge in [-0.1, -0.05) is 18.2 Å². The molecule has 5 heteroatoms. The normalized spacial score (nSPS) is 10.1. The number of anilines is 2. The number of benzene rings is 2. The number of carbonyl (C=O) groups is 1. The van der Waals surface area contributed by atoms with E-state index in [2.05, 4.69) is 10.6 Å². The van der Waals surface area contributed by atoms with E-state index in [1.807, 2.05) is 0 Å². The maximum absolute atomic E-state index is 12.7. The van der Waals surface area contributed by atoms with Gasteiger partial charge >= 0.3 is 6.03 Å². The van der Waals surface area contributed by atoms with Gasteiger partial charge in [0.05, 0.1) is 0 Å². The molecule has 2 amide bonds. The molecule has 0 aliphatic heterocycles. The van der Waals surface area contributed by atoms with Crippen LogP contribution in [-0.2, 0) is 6.42 Å². The van der Waals surface area contributed by atoms with E-state index in [0.717, 1.165) is 5.56 Å². The Kier molecular flexibility index (Phi) is 4.55. The van der Waals surface area contributed by atoms with E-state index in [9.17, 15) is 9.18 Å². The Hall–Kier alpha value is -2.56. The van der Waals surface area contributed by atoms with Crippen molar-refractivity contribution in [2.24, 2.45) is 0 Å². The highest BCUT2D eigenvalue weighted by atomic mass is 19.1. The van der Waals surface area contributed by atoms with Crippen LogP contribution in [0.1, 0.15) is 5.56 Å². The number of rotatable bonds is 4. The molecule has 0 heterocycles. The van der Waals surface area contributed by atoms with Crippen LogP contribution in [0.4, 0.5) is 20.6 Å². The molecule has 2 rings (SSSR count). The van der Waals surface area contributed by atoms with Gasteiger partial charge in [-0.25, -0.2) is 9.18 Å². The first-order valence-corrected chi connectivity index (χ1v) is 6.28. The predicted molar refractivity (Wildman–Crippen MR) is 78.0 cm³/mol. The minimum absolute atomic E-state index is 0.263. The summed E-state index contributed by atoms with van der Waals surface area (Å²) in [5, 5.41) is 5.42. The van der Waals surface area contributed by atoms with Gasteiger partial charge in [0.15, 0.2) is 0 Å². The van der Waals surface area contributed by atoms with E-state index in [-0.39, 0.29) is 11.8 Å². The zero-order valence-electron chi connectivity index (χ0n) is 10.9. The maximum Gasteiger partial charge on any atom is 0.319 e. The second-order valence-electron chi connectivity index (χ2n) is 4.38. The third-order valence-corrected chi connectivity index (χ3v) is 2.76. The number of hydrogen-bond acceptors (Lipinski definition) is 2. The van der Waals surface area contributed by atoms with Crippen molar-refractivity contribution in [3.63, 3.8) is 0 Å². The molecule has 0 aliphatic carbocycles. The van der Waals surface area contributed by atoms with Crippen LogP contribution >= 0.6 is 0 Å². The minimum atomic E-state index is -0.294. The van der Waals surface area contributed by atoms with E-state index >= 15 is 0 Å². The third-order valence-electron chi connectivity index (χ3n) is 2.76. The smallest absolute Gasteiger partial charge is 0.319 e. The summed E-state index contributed by atoms with van der Waals surface area (Å²) >= 11 is 0. The quantitative estimate of drug-likeness (QED) is 0.750. The largest absolute Gasteiger partial charge is 0.399 e. The van der Waals surface area contributed by atoms with E-state index < -0.39 is 0 Å². The Bertz CT molecular complexity index is 584. The number of nitrogen functional groups attached to an aromatic ring is 1. The fourth-order valence-corrected chi connectivity index (χ4v) is 1.76. The van der Waals surface area contributed by atoms with E-state index in [0.29, 0.717) is 24.3 Å². The van der Waals surface area contributed by atoms with Crippen LogP contribution in [0, 0.1) is 5.82 Å². The molecule has 0 spiro atoms. The summed E-state index contributed by atoms with van der Waals surface area (Å²) < 4.78 is 12.7. The average Bonchev–Trinajstić information content (AvgIpc) is 2.41. The minimum Gasteiger partial charge on any atom is -0.399 e. The number of nitrogens with one attached hydrogen (secondary N) is 2. The molecule has 0 atom stereocenters. The summed E-state index contributed by atoms with van der Waals surface area (Å²) in [6.07, 6.45) is 0.643. The van der Waals surface area contributed by atoms with Gasteiger partial charge in [-0.15, -0.1) is 0 Å². The summed E-state index contributed by atoms with van der Waals surface area (Å²) in [6.45, 7) is 0.472. The van der Waals surface area contributed by atoms with Crippen molar-refractivity contribution in [2.75, 3.05) is 17.6 Å². The number of hydrogen-bond donors (Lipinski definition) is 3. The first-order valence-electron chi connectivity index (χ1n) is 6.28. The van der Waals surface area contributed by atoms with Crippen molar-refractivity contribution in [3.8, 4) is 0 Å².